The molecular formula is C76H43N5S3. The van der Waals surface area contributed by atoms with E-state index >= 15 is 0 Å². The third-order valence-electron chi connectivity index (χ3n) is 17.5. The van der Waals surface area contributed by atoms with Gasteiger partial charge in [0.05, 0.1) is 44.5 Å². The average molecular weight is 1120 g/mol. The number of benzene rings is 12. The van der Waals surface area contributed by atoms with Crippen LogP contribution in [0, 0.1) is 0 Å². The van der Waals surface area contributed by atoms with Crippen LogP contribution in [0.4, 0.5) is 0 Å². The topological polar surface area (TPSA) is 40.6 Å². The summed E-state index contributed by atoms with van der Waals surface area (Å²) in [7, 11) is 0. The van der Waals surface area contributed by atoms with Crippen LogP contribution in [0.15, 0.2) is 261 Å². The SMILES string of the molecule is c1ccc2c(c1)sc1cc3c(cc12)c1ccccc1n3-c1ccc(-c2cc(-c3ccc(-n4c5ccccc5c5cc6c(cc54)sc4ccccc46)cc3)nc(-c3ccc(-n4c5ccccc5c5cc6c(cc54)sc4ccccc46)cc3)n2)cc1. The maximum Gasteiger partial charge on any atom is 0.160 e. The van der Waals surface area contributed by atoms with E-state index in [9.17, 15) is 0 Å². The maximum absolute atomic E-state index is 5.44. The molecule has 0 amide bonds. The zero-order valence-electron chi connectivity index (χ0n) is 44.8. The molecule has 0 atom stereocenters. The largest absolute Gasteiger partial charge is 0.309 e. The first-order valence-corrected chi connectivity index (χ1v) is 30.8. The second kappa shape index (κ2) is 17.6. The molecule has 7 aromatic heterocycles. The van der Waals surface area contributed by atoms with Gasteiger partial charge >= 0.3 is 0 Å². The predicted molar refractivity (Wildman–Crippen MR) is 360 cm³/mol. The molecule has 0 saturated carbocycles. The Balaban J connectivity index is 0.750. The van der Waals surface area contributed by atoms with Gasteiger partial charge in [-0.1, -0.05) is 133 Å². The molecule has 0 aliphatic heterocycles. The molecule has 5 nitrogen and oxygen atoms in total. The first-order chi connectivity index (χ1) is 41.6. The summed E-state index contributed by atoms with van der Waals surface area (Å²) in [6, 6.07) is 95.9. The Morgan fingerprint density at radius 3 is 0.857 bits per heavy atom. The van der Waals surface area contributed by atoms with Crippen LogP contribution < -0.4 is 0 Å². The molecule has 12 aromatic carbocycles. The lowest BCUT2D eigenvalue weighted by Crippen LogP contribution is -1.98. The quantitative estimate of drug-likeness (QED) is 0.166. The Hall–Kier alpha value is -10.2. The van der Waals surface area contributed by atoms with Crippen molar-refractivity contribution in [1.29, 1.82) is 0 Å². The normalized spacial score (nSPS) is 12.3. The Labute approximate surface area is 492 Å². The second-order valence-electron chi connectivity index (χ2n) is 22.1. The molecule has 8 heteroatoms. The third-order valence-corrected chi connectivity index (χ3v) is 20.9. The highest BCUT2D eigenvalue weighted by Crippen LogP contribution is 2.45. The average Bonchev–Trinajstić information content (AvgIpc) is 2.22. The van der Waals surface area contributed by atoms with Crippen molar-refractivity contribution in [2.75, 3.05) is 0 Å². The van der Waals surface area contributed by atoms with Crippen molar-refractivity contribution in [3.05, 3.63) is 261 Å². The highest BCUT2D eigenvalue weighted by Gasteiger charge is 2.21. The highest BCUT2D eigenvalue weighted by atomic mass is 32.1. The van der Waals surface area contributed by atoms with E-state index in [2.05, 4.69) is 275 Å². The molecule has 0 aliphatic carbocycles. The van der Waals surface area contributed by atoms with Crippen LogP contribution in [0.1, 0.15) is 0 Å². The summed E-state index contributed by atoms with van der Waals surface area (Å²) in [5, 5.41) is 15.3. The number of fused-ring (bicyclic) bond motifs is 18. The van der Waals surface area contributed by atoms with Crippen molar-refractivity contribution in [1.82, 2.24) is 23.7 Å². The van der Waals surface area contributed by atoms with Gasteiger partial charge < -0.3 is 13.7 Å². The van der Waals surface area contributed by atoms with Crippen LogP contribution in [0.2, 0.25) is 0 Å². The third kappa shape index (κ3) is 6.81. The minimum Gasteiger partial charge on any atom is -0.309 e. The van der Waals surface area contributed by atoms with E-state index in [1.54, 1.807) is 0 Å². The fraction of sp³-hybridized carbons (Fsp3) is 0. The Morgan fingerprint density at radius 1 is 0.214 bits per heavy atom. The zero-order chi connectivity index (χ0) is 54.7. The Morgan fingerprint density at radius 2 is 0.512 bits per heavy atom. The van der Waals surface area contributed by atoms with Gasteiger partial charge in [-0.05, 0) is 127 Å². The van der Waals surface area contributed by atoms with Gasteiger partial charge in [0.1, 0.15) is 0 Å². The minimum absolute atomic E-state index is 0.668. The second-order valence-corrected chi connectivity index (χ2v) is 25.3. The molecule has 19 aromatic rings. The lowest BCUT2D eigenvalue weighted by atomic mass is 10.1. The number of para-hydroxylation sites is 3. The highest BCUT2D eigenvalue weighted by molar-refractivity contribution is 7.26. The molecule has 0 unspecified atom stereocenters. The van der Waals surface area contributed by atoms with Gasteiger partial charge in [-0.2, -0.15) is 0 Å². The van der Waals surface area contributed by atoms with Crippen molar-refractivity contribution < 1.29 is 0 Å². The van der Waals surface area contributed by atoms with E-state index in [0.29, 0.717) is 5.82 Å². The van der Waals surface area contributed by atoms with E-state index < -0.39 is 0 Å². The van der Waals surface area contributed by atoms with Crippen molar-refractivity contribution in [3.8, 4) is 51.0 Å². The van der Waals surface area contributed by atoms with Crippen molar-refractivity contribution >= 4 is 160 Å². The summed E-state index contributed by atoms with van der Waals surface area (Å²) in [4.78, 5) is 10.9. The number of rotatable bonds is 6. The van der Waals surface area contributed by atoms with Gasteiger partial charge in [-0.15, -0.1) is 34.0 Å². The van der Waals surface area contributed by atoms with Crippen molar-refractivity contribution in [3.63, 3.8) is 0 Å². The summed E-state index contributed by atoms with van der Waals surface area (Å²) in [5.41, 5.74) is 15.1. The molecule has 84 heavy (non-hydrogen) atoms. The fourth-order valence-corrected chi connectivity index (χ4v) is 17.0. The lowest BCUT2D eigenvalue weighted by Gasteiger charge is -2.13. The Bertz CT molecular complexity index is 5370. The number of nitrogens with zero attached hydrogens (tertiary/aromatic N) is 5. The zero-order valence-corrected chi connectivity index (χ0v) is 47.2. The van der Waals surface area contributed by atoms with Crippen LogP contribution in [-0.2, 0) is 0 Å². The van der Waals surface area contributed by atoms with E-state index in [1.807, 2.05) is 34.0 Å². The first-order valence-electron chi connectivity index (χ1n) is 28.4. The van der Waals surface area contributed by atoms with E-state index in [0.717, 1.165) is 45.1 Å². The number of aromatic nitrogens is 5. The fourth-order valence-electron chi connectivity index (χ4n) is 13.6. The van der Waals surface area contributed by atoms with Gasteiger partial charge in [0.15, 0.2) is 5.82 Å². The maximum atomic E-state index is 5.44. The van der Waals surface area contributed by atoms with E-state index in [1.165, 1.54) is 126 Å². The van der Waals surface area contributed by atoms with Crippen molar-refractivity contribution in [2.45, 2.75) is 0 Å². The van der Waals surface area contributed by atoms with Crippen LogP contribution in [-0.4, -0.2) is 23.7 Å². The summed E-state index contributed by atoms with van der Waals surface area (Å²) >= 11 is 5.58. The van der Waals surface area contributed by atoms with E-state index in [-0.39, 0.29) is 0 Å². The molecule has 0 radical (unpaired) electrons. The standard InChI is InChI=1S/C76H43N5S3/c1-7-19-64-50(13-1)56-37-59-53-16-4-10-22-70(53)82-73(59)41-67(56)79(64)47-31-25-44(26-32-47)62-40-63(45-27-33-48(34-28-45)80-65-20-8-2-14-51(65)57-38-60-54-17-5-11-23-71(54)83-74(60)42-68(57)80)78-76(77-62)46-29-35-49(36-30-46)81-66-21-9-3-15-52(66)58-39-61-55-18-6-12-24-72(55)84-75(61)43-69(58)81/h1-43H. The molecule has 0 fully saturated rings. The first kappa shape index (κ1) is 46.4. The van der Waals surface area contributed by atoms with Crippen molar-refractivity contribution in [2.24, 2.45) is 0 Å². The summed E-state index contributed by atoms with van der Waals surface area (Å²) in [6.07, 6.45) is 0. The number of thiophene rings is 3. The van der Waals surface area contributed by atoms with Crippen LogP contribution in [0.5, 0.6) is 0 Å². The molecule has 7 heterocycles. The molecule has 0 aliphatic rings. The smallest absolute Gasteiger partial charge is 0.160 e. The predicted octanol–water partition coefficient (Wildman–Crippen LogP) is 21.9. The van der Waals surface area contributed by atoms with Gasteiger partial charge in [0.25, 0.3) is 0 Å². The summed E-state index contributed by atoms with van der Waals surface area (Å²) in [6.45, 7) is 0. The molecule has 19 rings (SSSR count). The summed E-state index contributed by atoms with van der Waals surface area (Å²) in [5.74, 6) is 0.668. The number of hydrogen-bond donors (Lipinski definition) is 0. The minimum atomic E-state index is 0.668. The molecule has 0 bridgehead atoms. The van der Waals surface area contributed by atoms with E-state index in [4.69, 9.17) is 9.97 Å². The van der Waals surface area contributed by atoms with Gasteiger partial charge in [-0.25, -0.2) is 9.97 Å². The Kier molecular flexibility index (Phi) is 9.75. The molecule has 0 N–H and O–H groups in total. The molecular weight excluding hydrogens is 1080 g/mol. The monoisotopic (exact) mass is 1120 g/mol. The number of hydrogen-bond acceptors (Lipinski definition) is 5. The molecule has 0 spiro atoms. The van der Waals surface area contributed by atoms with Gasteiger partial charge in [0, 0.05) is 127 Å². The lowest BCUT2D eigenvalue weighted by molar-refractivity contribution is 1.16. The molecule has 390 valence electrons. The van der Waals surface area contributed by atoms with Crippen LogP contribution >= 0.6 is 34.0 Å². The van der Waals surface area contributed by atoms with Crippen LogP contribution in [0.3, 0.4) is 0 Å². The molecule has 0 saturated heterocycles. The van der Waals surface area contributed by atoms with Crippen LogP contribution in [0.25, 0.3) is 177 Å². The van der Waals surface area contributed by atoms with Gasteiger partial charge in [0.2, 0.25) is 0 Å². The summed E-state index contributed by atoms with van der Waals surface area (Å²) < 4.78 is 15.0. The van der Waals surface area contributed by atoms with Gasteiger partial charge in [-0.3, -0.25) is 0 Å².